The molecule has 0 radical (unpaired) electrons. The van der Waals surface area contributed by atoms with Crippen LogP contribution < -0.4 is 5.32 Å². The van der Waals surface area contributed by atoms with Crippen molar-refractivity contribution >= 4 is 22.7 Å². The number of carbonyl (C=O) groups excluding carboxylic acids is 2. The smallest absolute Gasteiger partial charge is 0.225 e. The van der Waals surface area contributed by atoms with Crippen molar-refractivity contribution in [2.75, 3.05) is 13.1 Å². The molecule has 156 valence electrons. The molecule has 1 saturated heterocycles. The van der Waals surface area contributed by atoms with Gasteiger partial charge in [-0.05, 0) is 48.6 Å². The number of aryl methyl sites for hydroxylation is 1. The molecule has 2 N–H and O–H groups in total. The van der Waals surface area contributed by atoms with E-state index >= 15 is 0 Å². The summed E-state index contributed by atoms with van der Waals surface area (Å²) in [6.07, 6.45) is 4.70. The van der Waals surface area contributed by atoms with Crippen LogP contribution in [0.5, 0.6) is 0 Å². The van der Waals surface area contributed by atoms with Gasteiger partial charge in [0, 0.05) is 43.2 Å². The summed E-state index contributed by atoms with van der Waals surface area (Å²) in [6, 6.07) is 14.2. The third-order valence-electron chi connectivity index (χ3n) is 5.81. The molecular weight excluding hydrogens is 381 g/mol. The molecule has 0 unspecified atom stereocenters. The molecule has 2 aromatic carbocycles. The summed E-state index contributed by atoms with van der Waals surface area (Å²) in [5.41, 5.74) is 3.08. The largest absolute Gasteiger partial charge is 0.361 e. The molecule has 4 rings (SSSR count). The Hall–Kier alpha value is -3.15. The topological polar surface area (TPSA) is 65.2 Å². The summed E-state index contributed by atoms with van der Waals surface area (Å²) in [7, 11) is 0. The van der Waals surface area contributed by atoms with E-state index < -0.39 is 0 Å². The SMILES string of the molecule is O=C(NCc1ccc(F)cc1)[C@H]1CCCN(C(=O)CCc2c[nH]c3ccccc23)C1. The van der Waals surface area contributed by atoms with Gasteiger partial charge >= 0.3 is 0 Å². The van der Waals surface area contributed by atoms with Crippen molar-refractivity contribution in [2.24, 2.45) is 5.92 Å². The normalized spacial score (nSPS) is 16.6. The Morgan fingerprint density at radius 1 is 1.13 bits per heavy atom. The average molecular weight is 407 g/mol. The van der Waals surface area contributed by atoms with Crippen LogP contribution in [-0.4, -0.2) is 34.8 Å². The second kappa shape index (κ2) is 9.11. The number of nitrogens with zero attached hydrogens (tertiary/aromatic N) is 1. The lowest BCUT2D eigenvalue weighted by Crippen LogP contribution is -2.45. The fourth-order valence-corrected chi connectivity index (χ4v) is 4.09. The number of rotatable bonds is 6. The summed E-state index contributed by atoms with van der Waals surface area (Å²) in [6.45, 7) is 1.53. The molecule has 1 aliphatic heterocycles. The van der Waals surface area contributed by atoms with Gasteiger partial charge in [-0.1, -0.05) is 30.3 Å². The highest BCUT2D eigenvalue weighted by Gasteiger charge is 2.28. The molecule has 0 bridgehead atoms. The third-order valence-corrected chi connectivity index (χ3v) is 5.81. The van der Waals surface area contributed by atoms with Crippen LogP contribution in [0.2, 0.25) is 0 Å². The summed E-state index contributed by atoms with van der Waals surface area (Å²) in [5.74, 6) is -0.444. The van der Waals surface area contributed by atoms with Gasteiger partial charge in [0.2, 0.25) is 11.8 Å². The number of para-hydroxylation sites is 1. The molecule has 0 aliphatic carbocycles. The van der Waals surface area contributed by atoms with Crippen molar-refractivity contribution in [3.63, 3.8) is 0 Å². The fraction of sp³-hybridized carbons (Fsp3) is 0.333. The van der Waals surface area contributed by atoms with Crippen molar-refractivity contribution in [3.05, 3.63) is 71.7 Å². The standard InChI is InChI=1S/C24H26FN3O2/c25-20-10-7-17(8-11-20)14-27-24(30)19-4-3-13-28(16-19)23(29)12-9-18-15-26-22-6-2-1-5-21(18)22/h1-2,5-8,10-11,15,19,26H,3-4,9,12-14,16H2,(H,27,30)/t19-/m0/s1. The lowest BCUT2D eigenvalue weighted by molar-refractivity contribution is -0.135. The van der Waals surface area contributed by atoms with Gasteiger partial charge < -0.3 is 15.2 Å². The van der Waals surface area contributed by atoms with E-state index in [1.54, 1.807) is 12.1 Å². The van der Waals surface area contributed by atoms with Crippen LogP contribution >= 0.6 is 0 Å². The molecule has 0 saturated carbocycles. The Morgan fingerprint density at radius 3 is 2.77 bits per heavy atom. The number of aromatic nitrogens is 1. The number of piperidine rings is 1. The van der Waals surface area contributed by atoms with E-state index in [0.717, 1.165) is 34.9 Å². The van der Waals surface area contributed by atoms with Crippen molar-refractivity contribution in [1.82, 2.24) is 15.2 Å². The number of carbonyl (C=O) groups is 2. The molecular formula is C24H26FN3O2. The maximum absolute atomic E-state index is 13.0. The summed E-state index contributed by atoms with van der Waals surface area (Å²) in [5, 5.41) is 4.07. The summed E-state index contributed by atoms with van der Waals surface area (Å²) in [4.78, 5) is 30.4. The maximum atomic E-state index is 13.0. The minimum Gasteiger partial charge on any atom is -0.361 e. The van der Waals surface area contributed by atoms with Gasteiger partial charge in [-0.15, -0.1) is 0 Å². The highest BCUT2D eigenvalue weighted by Crippen LogP contribution is 2.21. The van der Waals surface area contributed by atoms with Gasteiger partial charge in [-0.25, -0.2) is 4.39 Å². The monoisotopic (exact) mass is 407 g/mol. The van der Waals surface area contributed by atoms with Gasteiger partial charge in [-0.2, -0.15) is 0 Å². The van der Waals surface area contributed by atoms with Gasteiger partial charge in [0.25, 0.3) is 0 Å². The Labute approximate surface area is 175 Å². The first kappa shape index (κ1) is 20.1. The van der Waals surface area contributed by atoms with Crippen LogP contribution in [0.25, 0.3) is 10.9 Å². The van der Waals surface area contributed by atoms with Crippen LogP contribution in [0.15, 0.2) is 54.7 Å². The zero-order valence-corrected chi connectivity index (χ0v) is 16.9. The lowest BCUT2D eigenvalue weighted by atomic mass is 9.96. The van der Waals surface area contributed by atoms with Gasteiger partial charge in [0.1, 0.15) is 5.82 Å². The predicted octanol–water partition coefficient (Wildman–Crippen LogP) is 3.79. The number of amides is 2. The third kappa shape index (κ3) is 4.70. The molecule has 1 aliphatic rings. The van der Waals surface area contributed by atoms with Gasteiger partial charge in [-0.3, -0.25) is 9.59 Å². The molecule has 1 aromatic heterocycles. The highest BCUT2D eigenvalue weighted by molar-refractivity contribution is 5.84. The van der Waals surface area contributed by atoms with Crippen LogP contribution in [0.4, 0.5) is 4.39 Å². The van der Waals surface area contributed by atoms with Gasteiger partial charge in [0.05, 0.1) is 5.92 Å². The Bertz CT molecular complexity index is 1030. The second-order valence-corrected chi connectivity index (χ2v) is 7.88. The molecule has 1 fully saturated rings. The zero-order chi connectivity index (χ0) is 20.9. The van der Waals surface area contributed by atoms with E-state index in [4.69, 9.17) is 0 Å². The van der Waals surface area contributed by atoms with Crippen LogP contribution in [0.1, 0.15) is 30.4 Å². The van der Waals surface area contributed by atoms with E-state index in [1.807, 2.05) is 29.3 Å². The number of hydrogen-bond acceptors (Lipinski definition) is 2. The molecule has 5 nitrogen and oxygen atoms in total. The number of benzene rings is 2. The number of H-pyrrole nitrogens is 1. The average Bonchev–Trinajstić information content (AvgIpc) is 3.20. The minimum atomic E-state index is -0.292. The van der Waals surface area contributed by atoms with E-state index in [-0.39, 0.29) is 23.5 Å². The molecule has 0 spiro atoms. The van der Waals surface area contributed by atoms with Crippen LogP contribution in [0, 0.1) is 11.7 Å². The summed E-state index contributed by atoms with van der Waals surface area (Å²) >= 11 is 0. The molecule has 30 heavy (non-hydrogen) atoms. The molecule has 2 amide bonds. The first-order valence-corrected chi connectivity index (χ1v) is 10.4. The van der Waals surface area contributed by atoms with Crippen molar-refractivity contribution in [1.29, 1.82) is 0 Å². The Morgan fingerprint density at radius 2 is 1.93 bits per heavy atom. The lowest BCUT2D eigenvalue weighted by Gasteiger charge is -2.32. The van der Waals surface area contributed by atoms with E-state index in [9.17, 15) is 14.0 Å². The van der Waals surface area contributed by atoms with Crippen LogP contribution in [0.3, 0.4) is 0 Å². The van der Waals surface area contributed by atoms with E-state index in [1.165, 1.54) is 12.1 Å². The van der Waals surface area contributed by atoms with Crippen molar-refractivity contribution in [2.45, 2.75) is 32.2 Å². The molecule has 3 aromatic rings. The predicted molar refractivity (Wildman–Crippen MR) is 114 cm³/mol. The first-order chi connectivity index (χ1) is 14.6. The molecule has 1 atom stereocenters. The number of likely N-dealkylation sites (tertiary alicyclic amines) is 1. The zero-order valence-electron chi connectivity index (χ0n) is 16.9. The fourth-order valence-electron chi connectivity index (χ4n) is 4.09. The number of fused-ring (bicyclic) bond motifs is 1. The highest BCUT2D eigenvalue weighted by atomic mass is 19.1. The Balaban J connectivity index is 1.28. The number of nitrogens with one attached hydrogen (secondary N) is 2. The molecule has 6 heteroatoms. The minimum absolute atomic E-state index is 0.0477. The number of aromatic amines is 1. The van der Waals surface area contributed by atoms with Gasteiger partial charge in [0.15, 0.2) is 0 Å². The first-order valence-electron chi connectivity index (χ1n) is 10.4. The summed E-state index contributed by atoms with van der Waals surface area (Å²) < 4.78 is 13.0. The quantitative estimate of drug-likeness (QED) is 0.653. The maximum Gasteiger partial charge on any atom is 0.225 e. The van der Waals surface area contributed by atoms with Crippen LogP contribution in [-0.2, 0) is 22.6 Å². The van der Waals surface area contributed by atoms with Crippen molar-refractivity contribution in [3.8, 4) is 0 Å². The number of hydrogen-bond donors (Lipinski definition) is 2. The van der Waals surface area contributed by atoms with Crippen molar-refractivity contribution < 1.29 is 14.0 Å². The number of halogens is 1. The second-order valence-electron chi connectivity index (χ2n) is 7.88. The van der Waals surface area contributed by atoms with E-state index in [2.05, 4.69) is 16.4 Å². The Kier molecular flexibility index (Phi) is 6.12. The van der Waals surface area contributed by atoms with E-state index in [0.29, 0.717) is 32.5 Å². The molecule has 2 heterocycles.